The second-order valence-electron chi connectivity index (χ2n) is 4.62. The van der Waals surface area contributed by atoms with Gasteiger partial charge in [0, 0.05) is 6.54 Å². The molecule has 2 nitrogen and oxygen atoms in total. The molecule has 16 heavy (non-hydrogen) atoms. The van der Waals surface area contributed by atoms with E-state index in [1.807, 2.05) is 0 Å². The van der Waals surface area contributed by atoms with E-state index in [0.29, 0.717) is 5.92 Å². The Labute approximate surface area is 99.0 Å². The Kier molecular flexibility index (Phi) is 5.17. The van der Waals surface area contributed by atoms with Crippen molar-refractivity contribution in [2.24, 2.45) is 5.92 Å². The number of nitrogens with one attached hydrogen (secondary N) is 1. The average Bonchev–Trinajstić information content (AvgIpc) is 2.24. The van der Waals surface area contributed by atoms with E-state index in [2.05, 4.69) is 51.2 Å². The summed E-state index contributed by atoms with van der Waals surface area (Å²) in [5, 5.41) is 3.42. The molecule has 0 bridgehead atoms. The van der Waals surface area contributed by atoms with Gasteiger partial charge < -0.3 is 10.1 Å². The summed E-state index contributed by atoms with van der Waals surface area (Å²) in [5.41, 5.74) is 2.34. The van der Waals surface area contributed by atoms with E-state index in [0.717, 1.165) is 31.0 Å². The molecule has 0 fully saturated rings. The first-order chi connectivity index (χ1) is 7.63. The fourth-order valence-corrected chi connectivity index (χ4v) is 1.42. The summed E-state index contributed by atoms with van der Waals surface area (Å²) in [7, 11) is 0. The van der Waals surface area contributed by atoms with Crippen molar-refractivity contribution in [2.75, 3.05) is 18.5 Å². The lowest BCUT2D eigenvalue weighted by Crippen LogP contribution is -2.09. The molecule has 0 amide bonds. The third-order valence-electron chi connectivity index (χ3n) is 2.30. The minimum atomic E-state index is 0.639. The molecule has 90 valence electrons. The quantitative estimate of drug-likeness (QED) is 0.787. The number of benzene rings is 1. The highest BCUT2D eigenvalue weighted by atomic mass is 16.5. The van der Waals surface area contributed by atoms with E-state index in [1.54, 1.807) is 0 Å². The van der Waals surface area contributed by atoms with Crippen LogP contribution in [0.3, 0.4) is 0 Å². The molecule has 2 heteroatoms. The minimum absolute atomic E-state index is 0.639. The lowest BCUT2D eigenvalue weighted by Gasteiger charge is -2.14. The van der Waals surface area contributed by atoms with E-state index in [9.17, 15) is 0 Å². The van der Waals surface area contributed by atoms with Crippen LogP contribution in [-0.2, 0) is 0 Å². The molecule has 1 aromatic rings. The van der Waals surface area contributed by atoms with Gasteiger partial charge in [-0.05, 0) is 37.0 Å². The van der Waals surface area contributed by atoms with Gasteiger partial charge in [0.15, 0.2) is 0 Å². The van der Waals surface area contributed by atoms with Crippen molar-refractivity contribution >= 4 is 5.69 Å². The first-order valence-corrected chi connectivity index (χ1v) is 6.10. The standard InChI is InChI=1S/C14H23NO/c1-5-8-16-14-9-12(4)6-7-13(14)15-10-11(2)3/h6-7,9,11,15H,5,8,10H2,1-4H3. The van der Waals surface area contributed by atoms with Crippen molar-refractivity contribution in [1.82, 2.24) is 0 Å². The van der Waals surface area contributed by atoms with Crippen molar-refractivity contribution in [1.29, 1.82) is 0 Å². The zero-order valence-electron chi connectivity index (χ0n) is 10.8. The van der Waals surface area contributed by atoms with Crippen molar-refractivity contribution in [3.8, 4) is 5.75 Å². The highest BCUT2D eigenvalue weighted by Crippen LogP contribution is 2.26. The SMILES string of the molecule is CCCOc1cc(C)ccc1NCC(C)C. The topological polar surface area (TPSA) is 21.3 Å². The molecule has 1 N–H and O–H groups in total. The van der Waals surface area contributed by atoms with Gasteiger partial charge in [-0.15, -0.1) is 0 Å². The largest absolute Gasteiger partial charge is 0.491 e. The predicted octanol–water partition coefficient (Wildman–Crippen LogP) is 3.85. The van der Waals surface area contributed by atoms with E-state index in [4.69, 9.17) is 4.74 Å². The molecule has 0 unspecified atom stereocenters. The number of anilines is 1. The lowest BCUT2D eigenvalue weighted by atomic mass is 10.2. The van der Waals surface area contributed by atoms with Gasteiger partial charge in [0.25, 0.3) is 0 Å². The highest BCUT2D eigenvalue weighted by Gasteiger charge is 2.04. The van der Waals surface area contributed by atoms with Gasteiger partial charge in [-0.1, -0.05) is 26.8 Å². The molecular weight excluding hydrogens is 198 g/mol. The van der Waals surface area contributed by atoms with Gasteiger partial charge in [-0.2, -0.15) is 0 Å². The molecular formula is C14H23NO. The zero-order chi connectivity index (χ0) is 12.0. The van der Waals surface area contributed by atoms with Crippen LogP contribution in [0.25, 0.3) is 0 Å². The molecule has 0 aromatic heterocycles. The maximum absolute atomic E-state index is 5.74. The molecule has 0 spiro atoms. The van der Waals surface area contributed by atoms with Gasteiger partial charge >= 0.3 is 0 Å². The summed E-state index contributed by atoms with van der Waals surface area (Å²) in [6, 6.07) is 6.31. The second kappa shape index (κ2) is 6.41. The molecule has 0 heterocycles. The fraction of sp³-hybridized carbons (Fsp3) is 0.571. The van der Waals surface area contributed by atoms with Crippen LogP contribution in [-0.4, -0.2) is 13.2 Å². The first-order valence-electron chi connectivity index (χ1n) is 6.10. The maximum Gasteiger partial charge on any atom is 0.142 e. The van der Waals surface area contributed by atoms with E-state index >= 15 is 0 Å². The molecule has 0 saturated heterocycles. The van der Waals surface area contributed by atoms with Crippen molar-refractivity contribution in [3.63, 3.8) is 0 Å². The average molecular weight is 221 g/mol. The monoisotopic (exact) mass is 221 g/mol. The van der Waals surface area contributed by atoms with Crippen LogP contribution in [0.15, 0.2) is 18.2 Å². The van der Waals surface area contributed by atoms with E-state index < -0.39 is 0 Å². The molecule has 1 rings (SSSR count). The van der Waals surface area contributed by atoms with Crippen LogP contribution in [0.5, 0.6) is 5.75 Å². The Bertz CT molecular complexity index is 321. The number of rotatable bonds is 6. The zero-order valence-corrected chi connectivity index (χ0v) is 10.8. The summed E-state index contributed by atoms with van der Waals surface area (Å²) >= 11 is 0. The Morgan fingerprint density at radius 1 is 1.31 bits per heavy atom. The molecule has 0 aliphatic carbocycles. The van der Waals surface area contributed by atoms with Crippen molar-refractivity contribution in [2.45, 2.75) is 34.1 Å². The molecule has 0 radical (unpaired) electrons. The maximum atomic E-state index is 5.74. The third kappa shape index (κ3) is 4.13. The third-order valence-corrected chi connectivity index (χ3v) is 2.30. The van der Waals surface area contributed by atoms with Crippen LogP contribution < -0.4 is 10.1 Å². The van der Waals surface area contributed by atoms with Crippen LogP contribution >= 0.6 is 0 Å². The summed E-state index contributed by atoms with van der Waals surface area (Å²) in [5.74, 6) is 1.61. The Hall–Kier alpha value is -1.18. The summed E-state index contributed by atoms with van der Waals surface area (Å²) < 4.78 is 5.74. The smallest absolute Gasteiger partial charge is 0.142 e. The van der Waals surface area contributed by atoms with Crippen molar-refractivity contribution in [3.05, 3.63) is 23.8 Å². The van der Waals surface area contributed by atoms with E-state index in [1.165, 1.54) is 5.56 Å². The summed E-state index contributed by atoms with van der Waals surface area (Å²) in [4.78, 5) is 0. The highest BCUT2D eigenvalue weighted by molar-refractivity contribution is 5.57. The molecule has 0 atom stereocenters. The van der Waals surface area contributed by atoms with Gasteiger partial charge in [0.2, 0.25) is 0 Å². The van der Waals surface area contributed by atoms with Crippen LogP contribution in [0.1, 0.15) is 32.8 Å². The molecule has 0 aliphatic heterocycles. The van der Waals surface area contributed by atoms with Gasteiger partial charge in [0.1, 0.15) is 5.75 Å². The Balaban J connectivity index is 2.72. The normalized spacial score (nSPS) is 10.6. The van der Waals surface area contributed by atoms with Crippen LogP contribution in [0, 0.1) is 12.8 Å². The molecule has 1 aromatic carbocycles. The minimum Gasteiger partial charge on any atom is -0.491 e. The van der Waals surface area contributed by atoms with Crippen LogP contribution in [0.4, 0.5) is 5.69 Å². The number of aryl methyl sites for hydroxylation is 1. The Morgan fingerprint density at radius 3 is 2.69 bits per heavy atom. The number of hydrogen-bond acceptors (Lipinski definition) is 2. The first kappa shape index (κ1) is 12.9. The predicted molar refractivity (Wildman–Crippen MR) is 70.3 cm³/mol. The van der Waals surface area contributed by atoms with Gasteiger partial charge in [0.05, 0.1) is 12.3 Å². The van der Waals surface area contributed by atoms with Gasteiger partial charge in [-0.25, -0.2) is 0 Å². The van der Waals surface area contributed by atoms with Gasteiger partial charge in [-0.3, -0.25) is 0 Å². The van der Waals surface area contributed by atoms with E-state index in [-0.39, 0.29) is 0 Å². The summed E-state index contributed by atoms with van der Waals surface area (Å²) in [6.07, 6.45) is 1.04. The summed E-state index contributed by atoms with van der Waals surface area (Å²) in [6.45, 7) is 10.4. The second-order valence-corrected chi connectivity index (χ2v) is 4.62. The molecule has 0 aliphatic rings. The number of hydrogen-bond donors (Lipinski definition) is 1. The van der Waals surface area contributed by atoms with Crippen LogP contribution in [0.2, 0.25) is 0 Å². The number of ether oxygens (including phenoxy) is 1. The fourth-order valence-electron chi connectivity index (χ4n) is 1.42. The lowest BCUT2D eigenvalue weighted by molar-refractivity contribution is 0.318. The Morgan fingerprint density at radius 2 is 2.06 bits per heavy atom. The van der Waals surface area contributed by atoms with Crippen molar-refractivity contribution < 1.29 is 4.74 Å². The molecule has 0 saturated carbocycles.